The molecule has 0 bridgehead atoms. The number of anilines is 1. The number of ether oxygens (including phenoxy) is 2. The van der Waals surface area contributed by atoms with E-state index in [9.17, 15) is 13.2 Å². The highest BCUT2D eigenvalue weighted by Crippen LogP contribution is 2.37. The summed E-state index contributed by atoms with van der Waals surface area (Å²) in [5.41, 5.74) is 1.12. The van der Waals surface area contributed by atoms with Crippen LogP contribution in [0.3, 0.4) is 0 Å². The molecule has 0 unspecified atom stereocenters. The molecule has 3 rings (SSSR count). The van der Waals surface area contributed by atoms with Crippen molar-refractivity contribution in [3.8, 4) is 11.5 Å². The fourth-order valence-corrected chi connectivity index (χ4v) is 3.89. The molecule has 2 aromatic rings. The van der Waals surface area contributed by atoms with Crippen LogP contribution in [-0.2, 0) is 21.4 Å². The van der Waals surface area contributed by atoms with E-state index >= 15 is 0 Å². The predicted octanol–water partition coefficient (Wildman–Crippen LogP) is 2.19. The second-order valence-electron chi connectivity index (χ2n) is 6.04. The smallest absolute Gasteiger partial charge is 0.263 e. The van der Waals surface area contributed by atoms with Crippen LogP contribution < -0.4 is 19.1 Å². The third-order valence-electron chi connectivity index (χ3n) is 4.13. The number of hydrogen-bond acceptors (Lipinski definition) is 5. The Bertz CT molecular complexity index is 964. The molecule has 0 aliphatic carbocycles. The van der Waals surface area contributed by atoms with Crippen molar-refractivity contribution in [2.75, 3.05) is 24.2 Å². The minimum Gasteiger partial charge on any atom is -0.496 e. The molecular weight excluding hydrogens is 392 g/mol. The van der Waals surface area contributed by atoms with E-state index in [4.69, 9.17) is 21.1 Å². The van der Waals surface area contributed by atoms with E-state index in [1.807, 2.05) is 18.2 Å². The summed E-state index contributed by atoms with van der Waals surface area (Å²) in [6, 6.07) is 11.9. The molecule has 144 valence electrons. The fourth-order valence-electron chi connectivity index (χ4n) is 2.82. The number of sulfonamides is 1. The van der Waals surface area contributed by atoms with Crippen LogP contribution in [0.5, 0.6) is 11.5 Å². The van der Waals surface area contributed by atoms with Gasteiger partial charge in [-0.25, -0.2) is 8.42 Å². The van der Waals surface area contributed by atoms with Gasteiger partial charge in [0.15, 0.2) is 6.10 Å². The van der Waals surface area contributed by atoms with Crippen molar-refractivity contribution in [2.24, 2.45) is 0 Å². The number of para-hydroxylation sites is 1. The summed E-state index contributed by atoms with van der Waals surface area (Å²) in [6.07, 6.45) is 0.0930. The van der Waals surface area contributed by atoms with Gasteiger partial charge in [0.2, 0.25) is 10.0 Å². The van der Waals surface area contributed by atoms with E-state index in [2.05, 4.69) is 5.32 Å². The molecule has 27 heavy (non-hydrogen) atoms. The first-order valence-electron chi connectivity index (χ1n) is 8.13. The maximum atomic E-state index is 12.6. The molecule has 0 fully saturated rings. The van der Waals surface area contributed by atoms with Crippen molar-refractivity contribution in [1.82, 2.24) is 5.32 Å². The average molecular weight is 411 g/mol. The van der Waals surface area contributed by atoms with Gasteiger partial charge in [0, 0.05) is 17.1 Å². The predicted molar refractivity (Wildman–Crippen MR) is 103 cm³/mol. The van der Waals surface area contributed by atoms with Gasteiger partial charge in [-0.05, 0) is 24.3 Å². The summed E-state index contributed by atoms with van der Waals surface area (Å²) in [5, 5.41) is 3.15. The number of methoxy groups -OCH3 is 1. The second kappa shape index (κ2) is 7.66. The normalized spacial score (nSPS) is 16.3. The van der Waals surface area contributed by atoms with Gasteiger partial charge in [-0.3, -0.25) is 9.10 Å². The third kappa shape index (κ3) is 4.28. The minimum atomic E-state index is -3.61. The van der Waals surface area contributed by atoms with Gasteiger partial charge < -0.3 is 14.8 Å². The zero-order valence-corrected chi connectivity index (χ0v) is 16.4. The number of fused-ring (bicyclic) bond motifs is 1. The first kappa shape index (κ1) is 19.3. The summed E-state index contributed by atoms with van der Waals surface area (Å²) in [7, 11) is -2.05. The number of amides is 1. The van der Waals surface area contributed by atoms with E-state index in [1.165, 1.54) is 6.07 Å². The van der Waals surface area contributed by atoms with Crippen LogP contribution in [0.2, 0.25) is 5.02 Å². The number of halogens is 1. The SMILES string of the molecule is COc1ccccc1CNC(=O)[C@H]1CN(S(C)(=O)=O)c2cc(Cl)ccc2O1. The zero-order chi connectivity index (χ0) is 19.6. The van der Waals surface area contributed by atoms with Crippen LogP contribution in [0.15, 0.2) is 42.5 Å². The maximum Gasteiger partial charge on any atom is 0.263 e. The van der Waals surface area contributed by atoms with E-state index in [1.54, 1.807) is 25.3 Å². The number of rotatable bonds is 5. The Morgan fingerprint density at radius 1 is 1.33 bits per heavy atom. The van der Waals surface area contributed by atoms with E-state index in [0.29, 0.717) is 16.5 Å². The van der Waals surface area contributed by atoms with E-state index in [-0.39, 0.29) is 18.8 Å². The van der Waals surface area contributed by atoms with Gasteiger partial charge in [-0.1, -0.05) is 29.8 Å². The Kier molecular flexibility index (Phi) is 5.48. The Morgan fingerprint density at radius 3 is 2.78 bits per heavy atom. The standard InChI is InChI=1S/C18H19ClN2O5S/c1-25-15-6-4-3-5-12(15)10-20-18(22)17-11-21(27(2,23)24)14-9-13(19)7-8-16(14)26-17/h3-9,17H,10-11H2,1-2H3,(H,20,22)/t17-/m1/s1. The van der Waals surface area contributed by atoms with Gasteiger partial charge in [0.05, 0.1) is 25.6 Å². The van der Waals surface area contributed by atoms with E-state index < -0.39 is 22.0 Å². The molecule has 1 aliphatic rings. The fraction of sp³-hybridized carbons (Fsp3) is 0.278. The molecule has 0 saturated heterocycles. The number of carbonyl (C=O) groups is 1. The Labute approximate surface area is 162 Å². The van der Waals surface area contributed by atoms with Crippen LogP contribution in [0, 0.1) is 0 Å². The van der Waals surface area contributed by atoms with Gasteiger partial charge in [-0.2, -0.15) is 0 Å². The molecular formula is C18H19ClN2O5S. The quantitative estimate of drug-likeness (QED) is 0.816. The number of benzene rings is 2. The number of nitrogens with zero attached hydrogens (tertiary/aromatic N) is 1. The van der Waals surface area contributed by atoms with Crippen molar-refractivity contribution in [3.63, 3.8) is 0 Å². The first-order chi connectivity index (χ1) is 12.8. The molecule has 7 nitrogen and oxygen atoms in total. The lowest BCUT2D eigenvalue weighted by molar-refractivity contribution is -0.127. The molecule has 1 amide bonds. The van der Waals surface area contributed by atoms with Crippen molar-refractivity contribution < 1.29 is 22.7 Å². The minimum absolute atomic E-state index is 0.135. The van der Waals surface area contributed by atoms with Crippen LogP contribution in [-0.4, -0.2) is 40.3 Å². The highest BCUT2D eigenvalue weighted by molar-refractivity contribution is 7.92. The summed E-state index contributed by atoms with van der Waals surface area (Å²) in [5.74, 6) is 0.517. The molecule has 1 heterocycles. The van der Waals surface area contributed by atoms with Crippen LogP contribution in [0.25, 0.3) is 0 Å². The van der Waals surface area contributed by atoms with Crippen molar-refractivity contribution >= 4 is 33.2 Å². The Balaban J connectivity index is 1.79. The molecule has 0 saturated carbocycles. The van der Waals surface area contributed by atoms with Crippen LogP contribution in [0.4, 0.5) is 5.69 Å². The topological polar surface area (TPSA) is 84.9 Å². The lowest BCUT2D eigenvalue weighted by atomic mass is 10.2. The van der Waals surface area contributed by atoms with Gasteiger partial charge in [0.25, 0.3) is 5.91 Å². The molecule has 2 aromatic carbocycles. The van der Waals surface area contributed by atoms with E-state index in [0.717, 1.165) is 16.1 Å². The maximum absolute atomic E-state index is 12.6. The number of hydrogen-bond donors (Lipinski definition) is 1. The van der Waals surface area contributed by atoms with Crippen molar-refractivity contribution in [1.29, 1.82) is 0 Å². The monoisotopic (exact) mass is 410 g/mol. The summed E-state index contributed by atoms with van der Waals surface area (Å²) in [4.78, 5) is 12.6. The van der Waals surface area contributed by atoms with Crippen LogP contribution >= 0.6 is 11.6 Å². The Hall–Kier alpha value is -2.45. The highest BCUT2D eigenvalue weighted by Gasteiger charge is 2.35. The van der Waals surface area contributed by atoms with Crippen molar-refractivity contribution in [3.05, 3.63) is 53.1 Å². The summed E-state index contributed by atoms with van der Waals surface area (Å²) < 4.78 is 36.4. The first-order valence-corrected chi connectivity index (χ1v) is 10.4. The molecule has 0 spiro atoms. The second-order valence-corrected chi connectivity index (χ2v) is 8.39. The van der Waals surface area contributed by atoms with Crippen LogP contribution in [0.1, 0.15) is 5.56 Å². The molecule has 0 aromatic heterocycles. The van der Waals surface area contributed by atoms with Gasteiger partial charge >= 0.3 is 0 Å². The van der Waals surface area contributed by atoms with Crippen molar-refractivity contribution in [2.45, 2.75) is 12.6 Å². The Morgan fingerprint density at radius 2 is 2.07 bits per heavy atom. The lowest BCUT2D eigenvalue weighted by Gasteiger charge is -2.34. The summed E-state index contributed by atoms with van der Waals surface area (Å²) >= 11 is 5.97. The molecule has 1 N–H and O–H groups in total. The number of nitrogens with one attached hydrogen (secondary N) is 1. The van der Waals surface area contributed by atoms with Gasteiger partial charge in [-0.15, -0.1) is 0 Å². The third-order valence-corrected chi connectivity index (χ3v) is 5.51. The lowest BCUT2D eigenvalue weighted by Crippen LogP contribution is -2.50. The average Bonchev–Trinajstić information content (AvgIpc) is 2.64. The summed E-state index contributed by atoms with van der Waals surface area (Å²) in [6.45, 7) is 0.0962. The molecule has 9 heteroatoms. The molecule has 0 radical (unpaired) electrons. The van der Waals surface area contributed by atoms with Gasteiger partial charge in [0.1, 0.15) is 11.5 Å². The largest absolute Gasteiger partial charge is 0.496 e. The number of carbonyl (C=O) groups excluding carboxylic acids is 1. The highest BCUT2D eigenvalue weighted by atomic mass is 35.5. The molecule has 1 atom stereocenters. The zero-order valence-electron chi connectivity index (χ0n) is 14.8. The molecule has 1 aliphatic heterocycles.